The van der Waals surface area contributed by atoms with E-state index in [4.69, 9.17) is 4.74 Å². The Labute approximate surface area is 221 Å². The van der Waals surface area contributed by atoms with E-state index in [1.807, 2.05) is 44.2 Å². The van der Waals surface area contributed by atoms with Crippen molar-refractivity contribution in [3.8, 4) is 5.75 Å². The number of aliphatic hydroxyl groups excluding tert-OH is 2. The molecule has 0 aliphatic heterocycles. The lowest BCUT2D eigenvalue weighted by atomic mass is 10.1. The third kappa shape index (κ3) is 11.9. The number of anilines is 1. The van der Waals surface area contributed by atoms with Crippen molar-refractivity contribution in [2.45, 2.75) is 52.0 Å². The fourth-order valence-corrected chi connectivity index (χ4v) is 3.95. The molecule has 0 spiro atoms. The average Bonchev–Trinajstić information content (AvgIpc) is 2.84. The molecule has 0 aliphatic rings. The molecule has 0 radical (unpaired) electrons. The Hall–Kier alpha value is -2.69. The second kappa shape index (κ2) is 14.9. The maximum absolute atomic E-state index is 11.0. The summed E-state index contributed by atoms with van der Waals surface area (Å²) in [5.74, 6) is 0.821. The van der Waals surface area contributed by atoms with Crippen molar-refractivity contribution < 1.29 is 23.4 Å². The minimum Gasteiger partial charge on any atom is -0.490 e. The Bertz CT molecular complexity index is 1180. The van der Waals surface area contributed by atoms with Crippen LogP contribution >= 0.6 is 0 Å². The van der Waals surface area contributed by atoms with Crippen LogP contribution in [-0.4, -0.2) is 62.8 Å². The van der Waals surface area contributed by atoms with Crippen LogP contribution in [0.1, 0.15) is 39.4 Å². The molecule has 2 unspecified atom stereocenters. The Morgan fingerprint density at radius 3 is 2.03 bits per heavy atom. The summed E-state index contributed by atoms with van der Waals surface area (Å²) in [5, 5.41) is 28.3. The highest BCUT2D eigenvalue weighted by Crippen LogP contribution is 2.25. The van der Waals surface area contributed by atoms with Gasteiger partial charge in [0.1, 0.15) is 18.5 Å². The maximum Gasteiger partial charge on any atom is 0.229 e. The number of rotatable bonds is 12. The lowest BCUT2D eigenvalue weighted by Gasteiger charge is -2.15. The summed E-state index contributed by atoms with van der Waals surface area (Å²) in [6.45, 7) is 9.43. The molecule has 37 heavy (non-hydrogen) atoms. The number of aliphatic hydroxyl groups is 2. The third-order valence-corrected chi connectivity index (χ3v) is 5.87. The van der Waals surface area contributed by atoms with Crippen LogP contribution in [0.4, 0.5) is 5.69 Å². The largest absolute Gasteiger partial charge is 0.490 e. The SMILES string of the molecule is CC(C)NCC(O)COc1cccc2ccccc12.CC(C)NCC(O)c1ccc(NS(C)(=O)=O)cc1. The minimum atomic E-state index is -3.26. The molecule has 0 aliphatic carbocycles. The first-order chi connectivity index (χ1) is 17.4. The van der Waals surface area contributed by atoms with Gasteiger partial charge >= 0.3 is 0 Å². The Balaban J connectivity index is 0.000000261. The first-order valence-corrected chi connectivity index (χ1v) is 14.3. The van der Waals surface area contributed by atoms with Gasteiger partial charge in [0.2, 0.25) is 10.0 Å². The summed E-state index contributed by atoms with van der Waals surface area (Å²) >= 11 is 0. The van der Waals surface area contributed by atoms with E-state index in [1.165, 1.54) is 0 Å². The van der Waals surface area contributed by atoms with E-state index < -0.39 is 22.2 Å². The third-order valence-electron chi connectivity index (χ3n) is 5.26. The van der Waals surface area contributed by atoms with Crippen molar-refractivity contribution in [3.05, 3.63) is 72.3 Å². The van der Waals surface area contributed by atoms with Crippen LogP contribution in [0.25, 0.3) is 10.8 Å². The first kappa shape index (κ1) is 30.5. The molecule has 0 amide bonds. The molecule has 0 fully saturated rings. The van der Waals surface area contributed by atoms with Crippen molar-refractivity contribution >= 4 is 26.5 Å². The zero-order chi connectivity index (χ0) is 27.4. The second-order valence-corrected chi connectivity index (χ2v) is 11.3. The molecule has 0 aromatic heterocycles. The summed E-state index contributed by atoms with van der Waals surface area (Å²) in [4.78, 5) is 0. The highest BCUT2D eigenvalue weighted by atomic mass is 32.2. The van der Waals surface area contributed by atoms with E-state index in [-0.39, 0.29) is 0 Å². The molecule has 3 aromatic carbocycles. The highest BCUT2D eigenvalue weighted by Gasteiger charge is 2.09. The molecule has 204 valence electrons. The lowest BCUT2D eigenvalue weighted by Crippen LogP contribution is -2.35. The Morgan fingerprint density at radius 1 is 0.811 bits per heavy atom. The number of fused-ring (bicyclic) bond motifs is 1. The van der Waals surface area contributed by atoms with Crippen LogP contribution in [0.15, 0.2) is 66.7 Å². The van der Waals surface area contributed by atoms with E-state index >= 15 is 0 Å². The van der Waals surface area contributed by atoms with Crippen LogP contribution < -0.4 is 20.1 Å². The first-order valence-electron chi connectivity index (χ1n) is 12.5. The average molecular weight is 532 g/mol. The zero-order valence-corrected chi connectivity index (χ0v) is 23.1. The number of hydrogen-bond donors (Lipinski definition) is 5. The van der Waals surface area contributed by atoms with E-state index in [2.05, 4.69) is 41.3 Å². The fourth-order valence-electron chi connectivity index (χ4n) is 3.39. The summed E-state index contributed by atoms with van der Waals surface area (Å²) in [7, 11) is -3.26. The van der Waals surface area contributed by atoms with Gasteiger partial charge in [-0.15, -0.1) is 0 Å². The summed E-state index contributed by atoms with van der Waals surface area (Å²) in [6, 6.07) is 21.4. The number of sulfonamides is 1. The van der Waals surface area contributed by atoms with E-state index in [9.17, 15) is 18.6 Å². The van der Waals surface area contributed by atoms with Crippen LogP contribution in [-0.2, 0) is 10.0 Å². The number of nitrogens with one attached hydrogen (secondary N) is 3. The topological polar surface area (TPSA) is 120 Å². The maximum atomic E-state index is 11.0. The van der Waals surface area contributed by atoms with Gasteiger partial charge in [-0.1, -0.05) is 76.2 Å². The van der Waals surface area contributed by atoms with Gasteiger partial charge in [-0.2, -0.15) is 0 Å². The van der Waals surface area contributed by atoms with Crippen molar-refractivity contribution in [1.29, 1.82) is 0 Å². The van der Waals surface area contributed by atoms with Gasteiger partial charge in [0.25, 0.3) is 0 Å². The van der Waals surface area contributed by atoms with Crippen LogP contribution in [0, 0.1) is 0 Å². The number of ether oxygens (including phenoxy) is 1. The zero-order valence-electron chi connectivity index (χ0n) is 22.3. The van der Waals surface area contributed by atoms with Gasteiger partial charge < -0.3 is 25.6 Å². The monoisotopic (exact) mass is 531 g/mol. The summed E-state index contributed by atoms with van der Waals surface area (Å²) in [6.07, 6.45) is 0.00327. The Kier molecular flexibility index (Phi) is 12.3. The Morgan fingerprint density at radius 2 is 1.41 bits per heavy atom. The number of benzene rings is 3. The fraction of sp³-hybridized carbons (Fsp3) is 0.429. The molecular formula is C28H41N3O5S. The molecule has 3 rings (SSSR count). The van der Waals surface area contributed by atoms with Gasteiger partial charge in [-0.3, -0.25) is 4.72 Å². The number of hydrogen-bond acceptors (Lipinski definition) is 7. The molecule has 2 atom stereocenters. The van der Waals surface area contributed by atoms with Gasteiger partial charge in [-0.25, -0.2) is 8.42 Å². The summed E-state index contributed by atoms with van der Waals surface area (Å²) in [5.41, 5.74) is 1.24. The quantitative estimate of drug-likeness (QED) is 0.242. The van der Waals surface area contributed by atoms with Crippen LogP contribution in [0.3, 0.4) is 0 Å². The van der Waals surface area contributed by atoms with Crippen LogP contribution in [0.2, 0.25) is 0 Å². The van der Waals surface area contributed by atoms with Crippen molar-refractivity contribution in [2.24, 2.45) is 0 Å². The second-order valence-electron chi connectivity index (χ2n) is 9.58. The van der Waals surface area contributed by atoms with Crippen molar-refractivity contribution in [1.82, 2.24) is 10.6 Å². The molecule has 0 heterocycles. The molecule has 0 saturated heterocycles. The summed E-state index contributed by atoms with van der Waals surface area (Å²) < 4.78 is 30.1. The normalized spacial score (nSPS) is 13.2. The lowest BCUT2D eigenvalue weighted by molar-refractivity contribution is 0.105. The smallest absolute Gasteiger partial charge is 0.229 e. The predicted molar refractivity (Wildman–Crippen MR) is 152 cm³/mol. The van der Waals surface area contributed by atoms with Crippen molar-refractivity contribution in [2.75, 3.05) is 30.7 Å². The standard InChI is InChI=1S/C16H21NO2.C12H20N2O3S/c1-12(2)17-10-14(18)11-19-16-9-5-7-13-6-3-4-8-15(13)16;1-9(2)13-8-12(15)10-4-6-11(7-5-10)14-18(3,16)17/h3-9,12,14,17-18H,10-11H2,1-2H3;4-7,9,12-15H,8H2,1-3H3. The molecule has 9 heteroatoms. The highest BCUT2D eigenvalue weighted by molar-refractivity contribution is 7.92. The molecule has 8 nitrogen and oxygen atoms in total. The molecule has 0 bridgehead atoms. The van der Waals surface area contributed by atoms with E-state index in [0.29, 0.717) is 37.5 Å². The van der Waals surface area contributed by atoms with Crippen LogP contribution in [0.5, 0.6) is 5.75 Å². The molecule has 3 aromatic rings. The minimum absolute atomic E-state index is 0.299. The molecule has 5 N–H and O–H groups in total. The predicted octanol–water partition coefficient (Wildman–Crippen LogP) is 3.67. The van der Waals surface area contributed by atoms with Gasteiger partial charge in [0.15, 0.2) is 0 Å². The van der Waals surface area contributed by atoms with Gasteiger partial charge in [0.05, 0.1) is 12.4 Å². The molecule has 0 saturated carbocycles. The van der Waals surface area contributed by atoms with Crippen molar-refractivity contribution in [3.63, 3.8) is 0 Å². The molecular weight excluding hydrogens is 490 g/mol. The van der Waals surface area contributed by atoms with Gasteiger partial charge in [-0.05, 0) is 29.1 Å². The van der Waals surface area contributed by atoms with E-state index in [1.54, 1.807) is 24.3 Å². The van der Waals surface area contributed by atoms with E-state index in [0.717, 1.165) is 28.3 Å². The van der Waals surface area contributed by atoms with Gasteiger partial charge in [0, 0.05) is 36.2 Å².